The van der Waals surface area contributed by atoms with Gasteiger partial charge in [0.1, 0.15) is 11.0 Å². The number of nitrogens with zero attached hydrogens (tertiary/aromatic N) is 2. The molecule has 5 heteroatoms. The molecule has 0 spiro atoms. The van der Waals surface area contributed by atoms with Gasteiger partial charge in [0.15, 0.2) is 0 Å². The van der Waals surface area contributed by atoms with Crippen LogP contribution in [-0.4, -0.2) is 9.97 Å². The minimum atomic E-state index is -0.555. The van der Waals surface area contributed by atoms with Crippen molar-refractivity contribution in [2.45, 2.75) is 10.8 Å². The maximum Gasteiger partial charge on any atom is 0.109 e. The van der Waals surface area contributed by atoms with Crippen LogP contribution in [0.4, 0.5) is 0 Å². The number of hydrogen-bond donors (Lipinski definition) is 0. The van der Waals surface area contributed by atoms with Gasteiger partial charge in [-0.2, -0.15) is 0 Å². The second kappa shape index (κ2) is 16.4. The highest BCUT2D eigenvalue weighted by atomic mass is 79.9. The van der Waals surface area contributed by atoms with E-state index < -0.39 is 10.8 Å². The van der Waals surface area contributed by atoms with E-state index in [-0.39, 0.29) is 0 Å². The zero-order chi connectivity index (χ0) is 48.4. The Morgan fingerprint density at radius 3 is 1.01 bits per heavy atom. The maximum atomic E-state index is 5.88. The van der Waals surface area contributed by atoms with Crippen molar-refractivity contribution in [2.24, 2.45) is 0 Å². The summed E-state index contributed by atoms with van der Waals surface area (Å²) >= 11 is 9.49. The van der Waals surface area contributed by atoms with Crippen molar-refractivity contribution < 1.29 is 0 Å². The first-order valence-corrected chi connectivity index (χ1v) is 27.1. The third-order valence-electron chi connectivity index (χ3n) is 15.7. The summed E-state index contributed by atoms with van der Waals surface area (Å²) in [6.45, 7) is 0. The molecule has 2 aliphatic rings. The fraction of sp³-hybridized carbons (Fsp3) is 0.0294. The molecule has 0 N–H and O–H groups in total. The third kappa shape index (κ3) is 6.08. The lowest BCUT2D eigenvalue weighted by Crippen LogP contribution is -2.28. The van der Waals surface area contributed by atoms with Gasteiger partial charge in [0.05, 0.1) is 31.6 Å². The van der Waals surface area contributed by atoms with E-state index in [1.165, 1.54) is 66.8 Å². The van der Waals surface area contributed by atoms with E-state index >= 15 is 0 Å². The van der Waals surface area contributed by atoms with Crippen molar-refractivity contribution in [3.05, 3.63) is 296 Å². The second-order valence-corrected chi connectivity index (χ2v) is 22.2. The van der Waals surface area contributed by atoms with Gasteiger partial charge in [-0.15, -0.1) is 11.3 Å². The van der Waals surface area contributed by atoms with Crippen molar-refractivity contribution in [3.8, 4) is 43.1 Å². The molecule has 0 amide bonds. The van der Waals surface area contributed by atoms with Crippen LogP contribution in [-0.2, 0) is 10.8 Å². The van der Waals surface area contributed by atoms with Crippen LogP contribution >= 0.6 is 43.2 Å². The standard InChI is InChI=1S/C68H40Br2N2S/c69-47-31-35-49-50-36-32-48(70)40-56(50)62-61(55(49)39-47)71-63-64(72-62)66(42-30-34-54-52-26-14-16-28-58(52)68(60(54)38-42,45-21-9-3-10-22-45)46-23-11-4-12-24-46)73-65(63)41-29-33-53-51-25-13-15-27-57(51)67(59(53)37-41,43-17-5-1-6-18-43)44-19-7-2-8-20-44/h1-40H. The third-order valence-corrected chi connectivity index (χ3v) is 18.0. The molecule has 15 rings (SSSR count). The van der Waals surface area contributed by atoms with Gasteiger partial charge in [0.2, 0.25) is 0 Å². The monoisotopic (exact) mass is 1070 g/mol. The average Bonchev–Trinajstić information content (AvgIpc) is 4.11. The molecular formula is C68H40Br2N2S. The van der Waals surface area contributed by atoms with Crippen molar-refractivity contribution in [1.29, 1.82) is 0 Å². The Morgan fingerprint density at radius 1 is 0.288 bits per heavy atom. The van der Waals surface area contributed by atoms with Gasteiger partial charge in [-0.1, -0.05) is 238 Å². The van der Waals surface area contributed by atoms with Gasteiger partial charge in [-0.3, -0.25) is 0 Å². The fourth-order valence-corrected chi connectivity index (χ4v) is 14.7. The summed E-state index contributed by atoms with van der Waals surface area (Å²) in [5.74, 6) is 0. The molecule has 2 aromatic heterocycles. The SMILES string of the molecule is Brc1ccc2c3ccc(Br)cc3c3nc4c(-c5ccc6c(c5)C(c5ccccc5)(c5ccccc5)c5ccccc5-6)sc(-c5ccc6c(c5)C(c5ccccc5)(c5ccccc5)c5ccccc5-6)c4nc3c2c1. The number of rotatable bonds is 6. The zero-order valence-corrected chi connectivity index (χ0v) is 43.1. The Morgan fingerprint density at radius 2 is 0.630 bits per heavy atom. The Labute approximate surface area is 443 Å². The van der Waals surface area contributed by atoms with E-state index in [0.717, 1.165) is 73.4 Å². The molecule has 73 heavy (non-hydrogen) atoms. The van der Waals surface area contributed by atoms with E-state index in [1.54, 1.807) is 11.3 Å². The molecule has 0 bridgehead atoms. The second-order valence-electron chi connectivity index (χ2n) is 19.3. The van der Waals surface area contributed by atoms with Gasteiger partial charge < -0.3 is 0 Å². The van der Waals surface area contributed by atoms with Crippen LogP contribution in [0, 0.1) is 0 Å². The molecule has 0 atom stereocenters. The summed E-state index contributed by atoms with van der Waals surface area (Å²) in [7, 11) is 0. The predicted octanol–water partition coefficient (Wildman–Crippen LogP) is 18.7. The molecule has 2 aliphatic carbocycles. The molecule has 2 nitrogen and oxygen atoms in total. The minimum Gasteiger partial charge on any atom is -0.242 e. The predicted molar refractivity (Wildman–Crippen MR) is 311 cm³/mol. The van der Waals surface area contributed by atoms with Gasteiger partial charge in [0.25, 0.3) is 0 Å². The average molecular weight is 1080 g/mol. The first-order chi connectivity index (χ1) is 36.0. The molecule has 0 radical (unpaired) electrons. The van der Waals surface area contributed by atoms with E-state index in [9.17, 15) is 0 Å². The Kier molecular flexibility index (Phi) is 9.60. The molecule has 2 heterocycles. The molecule has 13 aromatic rings. The molecule has 0 aliphatic heterocycles. The minimum absolute atomic E-state index is 0.555. The first kappa shape index (κ1) is 42.8. The lowest BCUT2D eigenvalue weighted by Gasteiger charge is -2.34. The normalized spacial score (nSPS) is 13.8. The summed E-state index contributed by atoms with van der Waals surface area (Å²) in [5, 5.41) is 4.42. The fourth-order valence-electron chi connectivity index (χ4n) is 12.8. The van der Waals surface area contributed by atoms with Crippen molar-refractivity contribution >= 4 is 86.8 Å². The van der Waals surface area contributed by atoms with Gasteiger partial charge in [0, 0.05) is 19.7 Å². The quantitative estimate of drug-likeness (QED) is 0.155. The first-order valence-electron chi connectivity index (χ1n) is 24.7. The number of benzene rings is 11. The van der Waals surface area contributed by atoms with Crippen LogP contribution in [0.15, 0.2) is 252 Å². The summed E-state index contributed by atoms with van der Waals surface area (Å²) in [4.78, 5) is 13.9. The smallest absolute Gasteiger partial charge is 0.109 e. The van der Waals surface area contributed by atoms with Crippen LogP contribution < -0.4 is 0 Å². The molecule has 0 fully saturated rings. The van der Waals surface area contributed by atoms with E-state index in [2.05, 4.69) is 275 Å². The number of hydrogen-bond acceptors (Lipinski definition) is 3. The van der Waals surface area contributed by atoms with Gasteiger partial charge >= 0.3 is 0 Å². The highest BCUT2D eigenvalue weighted by molar-refractivity contribution is 9.10. The molecular weight excluding hydrogens is 1040 g/mol. The highest BCUT2D eigenvalue weighted by Crippen LogP contribution is 2.60. The molecule has 11 aromatic carbocycles. The van der Waals surface area contributed by atoms with Crippen molar-refractivity contribution in [2.75, 3.05) is 0 Å². The van der Waals surface area contributed by atoms with E-state index in [4.69, 9.17) is 9.97 Å². The summed E-state index contributed by atoms with van der Waals surface area (Å²) < 4.78 is 2.00. The van der Waals surface area contributed by atoms with Crippen molar-refractivity contribution in [3.63, 3.8) is 0 Å². The molecule has 342 valence electrons. The Balaban J connectivity index is 1.05. The van der Waals surface area contributed by atoms with Crippen LogP contribution in [0.5, 0.6) is 0 Å². The van der Waals surface area contributed by atoms with Crippen molar-refractivity contribution in [1.82, 2.24) is 9.97 Å². The zero-order valence-electron chi connectivity index (χ0n) is 39.2. The van der Waals surface area contributed by atoms with Crippen LogP contribution in [0.25, 0.3) is 86.7 Å². The maximum absolute atomic E-state index is 5.88. The molecule has 0 unspecified atom stereocenters. The van der Waals surface area contributed by atoms with E-state index in [0.29, 0.717) is 0 Å². The summed E-state index contributed by atoms with van der Waals surface area (Å²) in [6, 6.07) is 89.6. The Hall–Kier alpha value is -7.80. The number of thiophene rings is 1. The van der Waals surface area contributed by atoms with Gasteiger partial charge in [-0.25, -0.2) is 9.97 Å². The number of halogens is 2. The van der Waals surface area contributed by atoms with E-state index in [1.807, 2.05) is 0 Å². The topological polar surface area (TPSA) is 25.8 Å². The molecule has 0 saturated heterocycles. The lowest BCUT2D eigenvalue weighted by atomic mass is 9.67. The van der Waals surface area contributed by atoms with Gasteiger partial charge in [-0.05, 0) is 125 Å². The largest absolute Gasteiger partial charge is 0.242 e. The number of aromatic nitrogens is 2. The molecule has 0 saturated carbocycles. The summed E-state index contributed by atoms with van der Waals surface area (Å²) in [5.41, 5.74) is 19.7. The Bertz CT molecular complexity index is 4040. The number of fused-ring (bicyclic) bond motifs is 13. The lowest BCUT2D eigenvalue weighted by molar-refractivity contribution is 0.769. The van der Waals surface area contributed by atoms with Crippen LogP contribution in [0.2, 0.25) is 0 Å². The summed E-state index contributed by atoms with van der Waals surface area (Å²) in [6.07, 6.45) is 0. The highest BCUT2D eigenvalue weighted by Gasteiger charge is 2.48. The van der Waals surface area contributed by atoms with Crippen LogP contribution in [0.1, 0.15) is 44.5 Å². The van der Waals surface area contributed by atoms with Crippen LogP contribution in [0.3, 0.4) is 0 Å².